The number of nitrogens with zero attached hydrogens (tertiary/aromatic N) is 2. The Hall–Kier alpha value is -1.85. The van der Waals surface area contributed by atoms with Gasteiger partial charge in [-0.1, -0.05) is 27.7 Å². The van der Waals surface area contributed by atoms with Crippen LogP contribution >= 0.6 is 0 Å². The second-order valence-corrected chi connectivity index (χ2v) is 8.45. The fraction of sp³-hybridized carbons (Fsp3) is 0.706. The van der Waals surface area contributed by atoms with Gasteiger partial charge < -0.3 is 10.1 Å². The number of nitrogens with one attached hydrogen (secondary N) is 1. The van der Waals surface area contributed by atoms with E-state index in [0.29, 0.717) is 5.69 Å². The van der Waals surface area contributed by atoms with Crippen molar-refractivity contribution in [1.29, 1.82) is 0 Å². The lowest BCUT2D eigenvalue weighted by Gasteiger charge is -2.16. The maximum Gasteiger partial charge on any atom is 0.313 e. The highest BCUT2D eigenvalue weighted by Gasteiger charge is 2.68. The Labute approximate surface area is 137 Å². The molecule has 0 unspecified atom stereocenters. The predicted molar refractivity (Wildman–Crippen MR) is 87.5 cm³/mol. The molecule has 23 heavy (non-hydrogen) atoms. The fourth-order valence-corrected chi connectivity index (χ4v) is 2.91. The van der Waals surface area contributed by atoms with E-state index in [-0.39, 0.29) is 35.4 Å². The van der Waals surface area contributed by atoms with Gasteiger partial charge in [0, 0.05) is 5.92 Å². The lowest BCUT2D eigenvalue weighted by atomic mass is 9.98. The molecule has 2 rings (SSSR count). The minimum absolute atomic E-state index is 0.00465. The summed E-state index contributed by atoms with van der Waals surface area (Å²) in [4.78, 5) is 24.1. The quantitative estimate of drug-likeness (QED) is 0.865. The van der Waals surface area contributed by atoms with Crippen molar-refractivity contribution in [2.75, 3.05) is 5.32 Å². The monoisotopic (exact) mass is 321 g/mol. The summed E-state index contributed by atoms with van der Waals surface area (Å²) in [6, 6.07) is 0. The molecule has 1 amide bonds. The summed E-state index contributed by atoms with van der Waals surface area (Å²) < 4.78 is 6.67. The molecule has 1 aliphatic rings. The zero-order valence-electron chi connectivity index (χ0n) is 15.1. The van der Waals surface area contributed by atoms with Gasteiger partial charge in [-0.25, -0.2) is 4.68 Å². The standard InChI is InChI=1S/C17H27N3O3/c1-15(2,3)14(22)23-10-20-9-11(8-18-20)19-13(21)12-16(4,5)17(12,6)7/h8-9,12H,10H2,1-7H3,(H,19,21). The van der Waals surface area contributed by atoms with Crippen LogP contribution in [0.1, 0.15) is 48.5 Å². The van der Waals surface area contributed by atoms with Crippen LogP contribution in [0.25, 0.3) is 0 Å². The number of anilines is 1. The average molecular weight is 321 g/mol. The molecule has 1 heterocycles. The number of hydrogen-bond acceptors (Lipinski definition) is 4. The number of aromatic nitrogens is 2. The van der Waals surface area contributed by atoms with E-state index in [1.165, 1.54) is 4.68 Å². The van der Waals surface area contributed by atoms with Gasteiger partial charge in [-0.05, 0) is 31.6 Å². The number of carbonyl (C=O) groups excluding carboxylic acids is 2. The fourth-order valence-electron chi connectivity index (χ4n) is 2.91. The van der Waals surface area contributed by atoms with Crippen molar-refractivity contribution < 1.29 is 14.3 Å². The third-order valence-electron chi connectivity index (χ3n) is 5.12. The van der Waals surface area contributed by atoms with Crippen LogP contribution in [0.15, 0.2) is 12.4 Å². The molecule has 1 fully saturated rings. The number of ether oxygens (including phenoxy) is 1. The van der Waals surface area contributed by atoms with Crippen molar-refractivity contribution in [2.45, 2.75) is 55.2 Å². The molecule has 1 aliphatic carbocycles. The molecule has 6 nitrogen and oxygen atoms in total. The van der Waals surface area contributed by atoms with E-state index in [9.17, 15) is 9.59 Å². The van der Waals surface area contributed by atoms with Crippen LogP contribution in [-0.2, 0) is 21.1 Å². The van der Waals surface area contributed by atoms with Gasteiger partial charge in [0.25, 0.3) is 0 Å². The second-order valence-electron chi connectivity index (χ2n) is 8.45. The zero-order valence-corrected chi connectivity index (χ0v) is 15.1. The van der Waals surface area contributed by atoms with Crippen molar-refractivity contribution in [3.63, 3.8) is 0 Å². The van der Waals surface area contributed by atoms with Crippen molar-refractivity contribution in [1.82, 2.24) is 9.78 Å². The molecule has 1 saturated carbocycles. The van der Waals surface area contributed by atoms with Crippen LogP contribution in [-0.4, -0.2) is 21.7 Å². The maximum atomic E-state index is 12.4. The first kappa shape index (κ1) is 17.5. The van der Waals surface area contributed by atoms with Gasteiger partial charge in [0.1, 0.15) is 0 Å². The highest BCUT2D eigenvalue weighted by Crippen LogP contribution is 2.68. The van der Waals surface area contributed by atoms with Crippen LogP contribution in [0.3, 0.4) is 0 Å². The third kappa shape index (κ3) is 3.26. The number of hydrogen-bond donors (Lipinski definition) is 1. The van der Waals surface area contributed by atoms with Gasteiger partial charge in [0.05, 0.1) is 23.5 Å². The smallest absolute Gasteiger partial charge is 0.313 e. The second kappa shape index (κ2) is 5.35. The number of esters is 1. The Morgan fingerprint density at radius 3 is 2.30 bits per heavy atom. The van der Waals surface area contributed by atoms with Crippen LogP contribution < -0.4 is 5.32 Å². The summed E-state index contributed by atoms with van der Waals surface area (Å²) in [6.45, 7) is 13.8. The molecule has 0 spiro atoms. The minimum atomic E-state index is -0.548. The van der Waals surface area contributed by atoms with Gasteiger partial charge in [-0.15, -0.1) is 0 Å². The Morgan fingerprint density at radius 2 is 1.83 bits per heavy atom. The molecule has 0 atom stereocenters. The van der Waals surface area contributed by atoms with Gasteiger partial charge in [-0.3, -0.25) is 9.59 Å². The number of carbonyl (C=O) groups is 2. The first-order valence-electron chi connectivity index (χ1n) is 7.88. The van der Waals surface area contributed by atoms with E-state index >= 15 is 0 Å². The van der Waals surface area contributed by atoms with Gasteiger partial charge in [0.15, 0.2) is 6.73 Å². The molecule has 0 radical (unpaired) electrons. The van der Waals surface area contributed by atoms with Gasteiger partial charge >= 0.3 is 5.97 Å². The Bertz CT molecular complexity index is 609. The summed E-state index contributed by atoms with van der Waals surface area (Å²) in [5, 5.41) is 6.99. The Morgan fingerprint density at radius 1 is 1.26 bits per heavy atom. The van der Waals surface area contributed by atoms with Crippen molar-refractivity contribution in [3.8, 4) is 0 Å². The lowest BCUT2D eigenvalue weighted by molar-refractivity contribution is -0.157. The summed E-state index contributed by atoms with van der Waals surface area (Å²) in [5.41, 5.74) is 0.0538. The highest BCUT2D eigenvalue weighted by molar-refractivity contribution is 5.95. The van der Waals surface area contributed by atoms with Crippen LogP contribution in [0.5, 0.6) is 0 Å². The van der Waals surface area contributed by atoms with E-state index in [1.807, 2.05) is 0 Å². The SMILES string of the molecule is CC(C)(C)C(=O)OCn1cc(NC(=O)C2C(C)(C)C2(C)C)cn1. The van der Waals surface area contributed by atoms with E-state index in [1.54, 1.807) is 33.2 Å². The molecule has 0 aliphatic heterocycles. The highest BCUT2D eigenvalue weighted by atomic mass is 16.5. The van der Waals surface area contributed by atoms with Crippen LogP contribution in [0.4, 0.5) is 5.69 Å². The minimum Gasteiger partial charge on any atom is -0.442 e. The summed E-state index contributed by atoms with van der Waals surface area (Å²) >= 11 is 0. The molecule has 6 heteroatoms. The van der Waals surface area contributed by atoms with E-state index in [0.717, 1.165) is 0 Å². The third-order valence-corrected chi connectivity index (χ3v) is 5.12. The maximum absolute atomic E-state index is 12.4. The molecule has 0 saturated heterocycles. The van der Waals surface area contributed by atoms with Crippen molar-refractivity contribution in [3.05, 3.63) is 12.4 Å². The molecule has 1 aromatic heterocycles. The first-order valence-corrected chi connectivity index (χ1v) is 7.88. The van der Waals surface area contributed by atoms with Gasteiger partial charge in [0.2, 0.25) is 5.91 Å². The number of amides is 1. The topological polar surface area (TPSA) is 73.2 Å². The molecular weight excluding hydrogens is 294 g/mol. The van der Waals surface area contributed by atoms with E-state index in [4.69, 9.17) is 4.74 Å². The molecule has 0 aromatic carbocycles. The first-order chi connectivity index (χ1) is 10.4. The predicted octanol–water partition coefficient (Wildman–Crippen LogP) is 3.05. The molecule has 1 N–H and O–H groups in total. The van der Waals surface area contributed by atoms with Gasteiger partial charge in [-0.2, -0.15) is 5.10 Å². The van der Waals surface area contributed by atoms with Crippen molar-refractivity contribution >= 4 is 17.6 Å². The molecule has 128 valence electrons. The molecular formula is C17H27N3O3. The largest absolute Gasteiger partial charge is 0.442 e. The molecule has 1 aromatic rings. The summed E-state index contributed by atoms with van der Waals surface area (Å²) in [7, 11) is 0. The Balaban J connectivity index is 1.91. The van der Waals surface area contributed by atoms with Crippen molar-refractivity contribution in [2.24, 2.45) is 22.2 Å². The molecule has 0 bridgehead atoms. The normalized spacial score (nSPS) is 19.3. The average Bonchev–Trinajstić information content (AvgIpc) is 2.72. The Kier molecular flexibility index (Phi) is 4.07. The van der Waals surface area contributed by atoms with Crippen LogP contribution in [0, 0.1) is 22.2 Å². The lowest BCUT2D eigenvalue weighted by Crippen LogP contribution is -2.24. The zero-order chi connectivity index (χ0) is 17.6. The van der Waals surface area contributed by atoms with Crippen LogP contribution in [0.2, 0.25) is 0 Å². The summed E-state index contributed by atoms with van der Waals surface area (Å²) in [5.74, 6) is -0.302. The summed E-state index contributed by atoms with van der Waals surface area (Å²) in [6.07, 6.45) is 3.22. The van der Waals surface area contributed by atoms with E-state index in [2.05, 4.69) is 38.1 Å². The number of rotatable bonds is 4. The van der Waals surface area contributed by atoms with E-state index < -0.39 is 5.41 Å².